The fraction of sp³-hybridized carbons (Fsp3) is 0.259. The molecule has 1 spiro atoms. The van der Waals surface area contributed by atoms with Crippen LogP contribution >= 0.6 is 0 Å². The van der Waals surface area contributed by atoms with Gasteiger partial charge in [-0.3, -0.25) is 9.69 Å². The summed E-state index contributed by atoms with van der Waals surface area (Å²) in [6, 6.07) is 26.4. The van der Waals surface area contributed by atoms with Gasteiger partial charge in [0.25, 0.3) is 0 Å². The number of hydrogen-bond donors (Lipinski definition) is 0. The lowest BCUT2D eigenvalue weighted by Crippen LogP contribution is -2.54. The first kappa shape index (κ1) is 17.3. The first-order chi connectivity index (χ1) is 15.2. The fourth-order valence-corrected chi connectivity index (χ4v) is 6.88. The minimum absolute atomic E-state index is 0.0263. The Labute approximate surface area is 181 Å². The van der Waals surface area contributed by atoms with Crippen molar-refractivity contribution in [2.75, 3.05) is 4.90 Å². The van der Waals surface area contributed by atoms with E-state index in [9.17, 15) is 9.59 Å². The zero-order chi connectivity index (χ0) is 20.7. The minimum Gasteiger partial charge on any atom is -0.314 e. The number of amides is 2. The first-order valence-electron chi connectivity index (χ1n) is 11.0. The average molecular weight is 406 g/mol. The molecule has 4 atom stereocenters. The van der Waals surface area contributed by atoms with E-state index in [0.29, 0.717) is 13.0 Å². The van der Waals surface area contributed by atoms with E-state index in [-0.39, 0.29) is 29.7 Å². The zero-order valence-corrected chi connectivity index (χ0v) is 17.1. The van der Waals surface area contributed by atoms with Crippen LogP contribution in [0, 0.1) is 5.92 Å². The molecule has 0 bridgehead atoms. The number of para-hydroxylation sites is 1. The summed E-state index contributed by atoms with van der Waals surface area (Å²) < 4.78 is 0. The highest BCUT2D eigenvalue weighted by molar-refractivity contribution is 6.14. The van der Waals surface area contributed by atoms with E-state index >= 15 is 0 Å². The van der Waals surface area contributed by atoms with Gasteiger partial charge < -0.3 is 4.90 Å². The van der Waals surface area contributed by atoms with Crippen molar-refractivity contribution in [2.24, 2.45) is 5.92 Å². The van der Waals surface area contributed by atoms with E-state index in [1.165, 1.54) is 11.1 Å². The van der Waals surface area contributed by atoms with Crippen LogP contribution in [0.15, 0.2) is 78.9 Å². The molecule has 1 saturated heterocycles. The van der Waals surface area contributed by atoms with Gasteiger partial charge in [0.05, 0.1) is 12.0 Å². The number of benzene rings is 3. The molecule has 4 nitrogen and oxygen atoms in total. The Morgan fingerprint density at radius 2 is 1.55 bits per heavy atom. The van der Waals surface area contributed by atoms with E-state index in [4.69, 9.17) is 0 Å². The summed E-state index contributed by atoms with van der Waals surface area (Å²) in [7, 11) is 0. The molecule has 1 saturated carbocycles. The summed E-state index contributed by atoms with van der Waals surface area (Å²) in [5, 5.41) is 0. The molecular weight excluding hydrogens is 384 g/mol. The molecule has 2 heterocycles. The van der Waals surface area contributed by atoms with Crippen molar-refractivity contribution in [3.8, 4) is 0 Å². The van der Waals surface area contributed by atoms with Crippen molar-refractivity contribution < 1.29 is 9.59 Å². The van der Waals surface area contributed by atoms with Crippen LogP contribution in [0.5, 0.6) is 0 Å². The number of hydrogen-bond acceptors (Lipinski definition) is 2. The lowest BCUT2D eigenvalue weighted by Gasteiger charge is -2.32. The molecule has 0 unspecified atom stereocenters. The van der Waals surface area contributed by atoms with E-state index in [0.717, 1.165) is 23.2 Å². The van der Waals surface area contributed by atoms with Crippen molar-refractivity contribution in [1.82, 2.24) is 4.90 Å². The maximum Gasteiger partial charge on any atom is 0.326 e. The summed E-state index contributed by atoms with van der Waals surface area (Å²) in [4.78, 5) is 32.0. The third-order valence-corrected chi connectivity index (χ3v) is 7.94. The van der Waals surface area contributed by atoms with Crippen molar-refractivity contribution in [2.45, 2.75) is 36.9 Å². The fourth-order valence-electron chi connectivity index (χ4n) is 6.88. The molecule has 4 aliphatic rings. The topological polar surface area (TPSA) is 40.6 Å². The second kappa shape index (κ2) is 5.85. The van der Waals surface area contributed by atoms with Gasteiger partial charge in [0.1, 0.15) is 5.54 Å². The van der Waals surface area contributed by atoms with Gasteiger partial charge in [-0.05, 0) is 34.7 Å². The smallest absolute Gasteiger partial charge is 0.314 e. The largest absolute Gasteiger partial charge is 0.326 e. The molecule has 31 heavy (non-hydrogen) atoms. The number of ketones is 1. The second-order valence-corrected chi connectivity index (χ2v) is 9.31. The first-order valence-corrected chi connectivity index (χ1v) is 11.0. The Balaban J connectivity index is 1.41. The Morgan fingerprint density at radius 1 is 0.839 bits per heavy atom. The predicted molar refractivity (Wildman–Crippen MR) is 118 cm³/mol. The highest BCUT2D eigenvalue weighted by Gasteiger charge is 2.74. The maximum absolute atomic E-state index is 14.2. The van der Waals surface area contributed by atoms with Crippen LogP contribution < -0.4 is 4.90 Å². The summed E-state index contributed by atoms with van der Waals surface area (Å²) >= 11 is 0. The summed E-state index contributed by atoms with van der Waals surface area (Å²) in [5.41, 5.74) is 4.78. The molecule has 4 heteroatoms. The van der Waals surface area contributed by atoms with Crippen LogP contribution in [0.25, 0.3) is 0 Å². The van der Waals surface area contributed by atoms with Crippen molar-refractivity contribution in [1.29, 1.82) is 0 Å². The SMILES string of the molecule is O=C1N(Cc2ccccc2)[C@@H]2[C@H]3Cc4ccccc4[C@H]3C(=O)[C@@]23Cc2ccccc2N13. The number of rotatable bonds is 2. The van der Waals surface area contributed by atoms with Gasteiger partial charge in [-0.1, -0.05) is 72.8 Å². The molecule has 2 amide bonds. The number of Topliss-reactive ketones (excluding diaryl/α,β-unsaturated/α-hetero) is 1. The average Bonchev–Trinajstić information content (AvgIpc) is 3.46. The highest BCUT2D eigenvalue weighted by Crippen LogP contribution is 2.61. The van der Waals surface area contributed by atoms with Crippen LogP contribution in [-0.2, 0) is 24.2 Å². The molecule has 2 aliphatic carbocycles. The van der Waals surface area contributed by atoms with Gasteiger partial charge in [-0.15, -0.1) is 0 Å². The molecule has 3 aromatic carbocycles. The van der Waals surface area contributed by atoms with Gasteiger partial charge >= 0.3 is 6.03 Å². The van der Waals surface area contributed by atoms with Gasteiger partial charge in [0.15, 0.2) is 5.78 Å². The number of carbonyl (C=O) groups is 2. The number of carbonyl (C=O) groups excluding carboxylic acids is 2. The summed E-state index contributed by atoms with van der Waals surface area (Å²) in [6.07, 6.45) is 1.49. The van der Waals surface area contributed by atoms with Crippen LogP contribution in [0.2, 0.25) is 0 Å². The van der Waals surface area contributed by atoms with Crippen molar-refractivity contribution in [3.63, 3.8) is 0 Å². The van der Waals surface area contributed by atoms with Crippen LogP contribution in [0.4, 0.5) is 10.5 Å². The minimum atomic E-state index is -0.779. The normalized spacial score (nSPS) is 29.6. The van der Waals surface area contributed by atoms with E-state index in [2.05, 4.69) is 36.4 Å². The summed E-state index contributed by atoms with van der Waals surface area (Å²) in [6.45, 7) is 0.539. The second-order valence-electron chi connectivity index (χ2n) is 9.31. The van der Waals surface area contributed by atoms with Gasteiger partial charge in [-0.25, -0.2) is 4.79 Å². The molecule has 7 rings (SSSR count). The van der Waals surface area contributed by atoms with Gasteiger partial charge in [-0.2, -0.15) is 0 Å². The number of nitrogens with zero attached hydrogens (tertiary/aromatic N) is 2. The molecule has 3 aromatic rings. The standard InChI is InChI=1S/C27H22N2O2/c30-25-23-20-12-6-4-10-18(20)14-21(23)24-27(25)15-19-11-5-7-13-22(19)29(27)26(31)28(24)16-17-8-2-1-3-9-17/h1-13,21,23-24H,14-16H2/t21-,23+,24+,27+/m0/s1. The Bertz CT molecular complexity index is 1250. The highest BCUT2D eigenvalue weighted by atomic mass is 16.2. The Kier molecular flexibility index (Phi) is 3.26. The van der Waals surface area contributed by atoms with Crippen LogP contribution in [0.3, 0.4) is 0 Å². The lowest BCUT2D eigenvalue weighted by molar-refractivity contribution is -0.122. The molecule has 0 aromatic heterocycles. The molecule has 0 radical (unpaired) electrons. The third kappa shape index (κ3) is 2.01. The predicted octanol–water partition coefficient (Wildman–Crippen LogP) is 4.33. The summed E-state index contributed by atoms with van der Waals surface area (Å²) in [5.74, 6) is 0.244. The third-order valence-electron chi connectivity index (χ3n) is 7.94. The van der Waals surface area contributed by atoms with E-state index in [1.807, 2.05) is 52.3 Å². The van der Waals surface area contributed by atoms with Crippen molar-refractivity contribution >= 4 is 17.5 Å². The zero-order valence-electron chi connectivity index (χ0n) is 17.1. The number of urea groups is 1. The van der Waals surface area contributed by atoms with Crippen molar-refractivity contribution in [3.05, 3.63) is 101 Å². The number of fused-ring (bicyclic) bond motifs is 6. The molecular formula is C27H22N2O2. The quantitative estimate of drug-likeness (QED) is 0.636. The maximum atomic E-state index is 14.2. The van der Waals surface area contributed by atoms with Gasteiger partial charge in [0.2, 0.25) is 0 Å². The Hall–Kier alpha value is -3.40. The number of anilines is 1. The molecule has 2 aliphatic heterocycles. The van der Waals surface area contributed by atoms with Crippen LogP contribution in [0.1, 0.15) is 28.2 Å². The van der Waals surface area contributed by atoms with E-state index < -0.39 is 5.54 Å². The van der Waals surface area contributed by atoms with Gasteiger partial charge in [0, 0.05) is 24.6 Å². The Morgan fingerprint density at radius 3 is 2.39 bits per heavy atom. The molecule has 152 valence electrons. The monoisotopic (exact) mass is 406 g/mol. The van der Waals surface area contributed by atoms with Crippen LogP contribution in [-0.4, -0.2) is 28.3 Å². The lowest BCUT2D eigenvalue weighted by atomic mass is 9.84. The molecule has 2 fully saturated rings. The van der Waals surface area contributed by atoms with E-state index in [1.54, 1.807) is 0 Å². The molecule has 0 N–H and O–H groups in total.